The van der Waals surface area contributed by atoms with Crippen LogP contribution in [0.1, 0.15) is 58.0 Å². The molecule has 36 heavy (non-hydrogen) atoms. The van der Waals surface area contributed by atoms with Crippen LogP contribution in [-0.2, 0) is 17.8 Å². The largest absolute Gasteiger partial charge is 0.598 e. The number of fused-ring (bicyclic) bond motifs is 1. The van der Waals surface area contributed by atoms with Crippen molar-refractivity contribution in [3.63, 3.8) is 0 Å². The van der Waals surface area contributed by atoms with E-state index in [9.17, 15) is 9.66 Å². The molecule has 0 saturated heterocycles. The van der Waals surface area contributed by atoms with Crippen LogP contribution in [0.4, 0.5) is 0 Å². The van der Waals surface area contributed by atoms with Gasteiger partial charge in [-0.3, -0.25) is 4.98 Å². The Morgan fingerprint density at radius 3 is 2.61 bits per heavy atom. The fourth-order valence-corrected chi connectivity index (χ4v) is 5.42. The molecule has 0 radical (unpaired) electrons. The third-order valence-electron chi connectivity index (χ3n) is 6.74. The summed E-state index contributed by atoms with van der Waals surface area (Å²) in [5.41, 5.74) is 4.64. The maximum Gasteiger partial charge on any atom is 0.154 e. The topological polar surface area (TPSA) is 98.9 Å². The standard InChI is InChI=1S/C28H33N5O2S/c1-5-21-8-6-11-26(30-21)33-25-16-18(12-13-19(25)17-29-33)23-9-7-10-24(31-23)27(20-14-22(34)15-20)32-36(35)28(2,3)4/h6-13,16-17,20,22,27,32,34H,5,14-15H2,1-4H3/t20?,22?,27-,36?/m0/s1. The van der Waals surface area contributed by atoms with Crippen LogP contribution < -0.4 is 4.72 Å². The fraction of sp³-hybridized carbons (Fsp3) is 0.393. The van der Waals surface area contributed by atoms with Crippen molar-refractivity contribution in [1.29, 1.82) is 0 Å². The van der Waals surface area contributed by atoms with Crippen molar-refractivity contribution >= 4 is 22.3 Å². The highest BCUT2D eigenvalue weighted by atomic mass is 32.2. The minimum Gasteiger partial charge on any atom is -0.598 e. The van der Waals surface area contributed by atoms with E-state index in [-0.39, 0.29) is 18.1 Å². The Hall–Kier alpha value is -2.78. The molecular formula is C28H33N5O2S. The molecule has 1 fully saturated rings. The zero-order valence-electron chi connectivity index (χ0n) is 21.2. The zero-order valence-corrected chi connectivity index (χ0v) is 22.0. The molecule has 7 nitrogen and oxygen atoms in total. The zero-order chi connectivity index (χ0) is 25.4. The van der Waals surface area contributed by atoms with Gasteiger partial charge in [-0.25, -0.2) is 9.67 Å². The summed E-state index contributed by atoms with van der Waals surface area (Å²) in [7, 11) is 0. The van der Waals surface area contributed by atoms with E-state index in [0.29, 0.717) is 12.8 Å². The average Bonchev–Trinajstić information content (AvgIpc) is 3.28. The minimum atomic E-state index is -1.25. The lowest BCUT2D eigenvalue weighted by Gasteiger charge is -2.38. The molecule has 1 saturated carbocycles. The van der Waals surface area contributed by atoms with Crippen molar-refractivity contribution in [3.05, 3.63) is 72.2 Å². The number of rotatable bonds is 7. The van der Waals surface area contributed by atoms with Crippen LogP contribution in [0.3, 0.4) is 0 Å². The van der Waals surface area contributed by atoms with Gasteiger partial charge in [-0.1, -0.05) is 31.2 Å². The Morgan fingerprint density at radius 1 is 1.11 bits per heavy atom. The Bertz CT molecular complexity index is 1360. The smallest absolute Gasteiger partial charge is 0.154 e. The van der Waals surface area contributed by atoms with Crippen LogP contribution in [-0.4, -0.2) is 40.3 Å². The summed E-state index contributed by atoms with van der Waals surface area (Å²) < 4.78 is 17.7. The van der Waals surface area contributed by atoms with Crippen LogP contribution in [0.2, 0.25) is 0 Å². The highest BCUT2D eigenvalue weighted by Gasteiger charge is 2.40. The van der Waals surface area contributed by atoms with Crippen molar-refractivity contribution in [2.75, 3.05) is 0 Å². The highest BCUT2D eigenvalue weighted by molar-refractivity contribution is 7.90. The van der Waals surface area contributed by atoms with E-state index in [1.54, 1.807) is 0 Å². The van der Waals surface area contributed by atoms with Crippen molar-refractivity contribution < 1.29 is 9.66 Å². The molecule has 8 heteroatoms. The quantitative estimate of drug-likeness (QED) is 0.348. The predicted octanol–water partition coefficient (Wildman–Crippen LogP) is 4.91. The summed E-state index contributed by atoms with van der Waals surface area (Å²) in [6.45, 7) is 7.95. The van der Waals surface area contributed by atoms with Gasteiger partial charge in [0.1, 0.15) is 4.75 Å². The number of hydrogen-bond acceptors (Lipinski definition) is 6. The number of aryl methyl sites for hydroxylation is 1. The first-order valence-corrected chi connectivity index (χ1v) is 13.7. The molecule has 2 atom stereocenters. The lowest BCUT2D eigenvalue weighted by atomic mass is 9.76. The Morgan fingerprint density at radius 2 is 1.89 bits per heavy atom. The summed E-state index contributed by atoms with van der Waals surface area (Å²) in [5, 5.41) is 15.6. The summed E-state index contributed by atoms with van der Waals surface area (Å²) in [6, 6.07) is 18.0. The maximum atomic E-state index is 13.0. The number of aliphatic hydroxyl groups is 1. The number of nitrogens with zero attached hydrogens (tertiary/aromatic N) is 4. The Balaban J connectivity index is 1.50. The average molecular weight is 504 g/mol. The van der Waals surface area contributed by atoms with Crippen LogP contribution in [0.25, 0.3) is 28.0 Å². The van der Waals surface area contributed by atoms with E-state index >= 15 is 0 Å². The van der Waals surface area contributed by atoms with E-state index in [4.69, 9.17) is 9.97 Å². The van der Waals surface area contributed by atoms with Crippen molar-refractivity contribution in [1.82, 2.24) is 24.5 Å². The first-order chi connectivity index (χ1) is 17.2. The lowest BCUT2D eigenvalue weighted by Crippen LogP contribution is -2.46. The van der Waals surface area contributed by atoms with Gasteiger partial charge in [-0.2, -0.15) is 5.10 Å². The first-order valence-electron chi connectivity index (χ1n) is 12.5. The molecule has 0 amide bonds. The lowest BCUT2D eigenvalue weighted by molar-refractivity contribution is 0.0273. The number of pyridine rings is 2. The first kappa shape index (κ1) is 24.9. The normalized spacial score (nSPS) is 19.7. The molecule has 4 aromatic rings. The monoisotopic (exact) mass is 503 g/mol. The van der Waals surface area contributed by atoms with Gasteiger partial charge in [0.2, 0.25) is 0 Å². The summed E-state index contributed by atoms with van der Waals surface area (Å²) in [4.78, 5) is 9.74. The number of aliphatic hydroxyl groups excluding tert-OH is 1. The molecule has 5 rings (SSSR count). The van der Waals surface area contributed by atoms with Crippen LogP contribution in [0, 0.1) is 5.92 Å². The van der Waals surface area contributed by atoms with Crippen molar-refractivity contribution in [2.45, 2.75) is 63.9 Å². The summed E-state index contributed by atoms with van der Waals surface area (Å²) >= 11 is -1.25. The molecule has 1 aliphatic carbocycles. The van der Waals surface area contributed by atoms with E-state index in [0.717, 1.165) is 45.8 Å². The molecule has 0 bridgehead atoms. The van der Waals surface area contributed by atoms with Crippen molar-refractivity contribution in [3.8, 4) is 17.1 Å². The number of hydrogen-bond donors (Lipinski definition) is 2. The second kappa shape index (κ2) is 9.94. The highest BCUT2D eigenvalue weighted by Crippen LogP contribution is 2.39. The molecule has 1 aromatic carbocycles. The van der Waals surface area contributed by atoms with E-state index < -0.39 is 16.1 Å². The number of benzene rings is 1. The molecule has 188 valence electrons. The van der Waals surface area contributed by atoms with Gasteiger partial charge in [-0.15, -0.1) is 4.72 Å². The van der Waals surface area contributed by atoms with Gasteiger partial charge in [0.05, 0.1) is 35.2 Å². The van der Waals surface area contributed by atoms with Gasteiger partial charge < -0.3 is 9.66 Å². The molecular weight excluding hydrogens is 470 g/mol. The molecule has 0 aliphatic heterocycles. The molecule has 0 spiro atoms. The molecule has 2 N–H and O–H groups in total. The number of nitrogens with one attached hydrogen (secondary N) is 1. The van der Waals surface area contributed by atoms with Gasteiger partial charge >= 0.3 is 0 Å². The van der Waals surface area contributed by atoms with Crippen molar-refractivity contribution in [2.24, 2.45) is 5.92 Å². The Labute approximate surface area is 215 Å². The molecule has 3 heterocycles. The van der Waals surface area contributed by atoms with Gasteiger partial charge in [0.25, 0.3) is 0 Å². The van der Waals surface area contributed by atoms with Gasteiger partial charge in [0.15, 0.2) is 5.82 Å². The third kappa shape index (κ3) is 5.04. The second-order valence-corrected chi connectivity index (χ2v) is 12.5. The van der Waals surface area contributed by atoms with Crippen LogP contribution in [0.5, 0.6) is 0 Å². The second-order valence-electron chi connectivity index (χ2n) is 10.5. The van der Waals surface area contributed by atoms with E-state index in [1.807, 2.05) is 68.0 Å². The third-order valence-corrected chi connectivity index (χ3v) is 8.32. The molecule has 3 aromatic heterocycles. The van der Waals surface area contributed by atoms with Gasteiger partial charge in [0, 0.05) is 28.0 Å². The number of aromatic nitrogens is 4. The van der Waals surface area contributed by atoms with Crippen LogP contribution >= 0.6 is 0 Å². The summed E-state index contributed by atoms with van der Waals surface area (Å²) in [5.74, 6) is 0.982. The van der Waals surface area contributed by atoms with E-state index in [2.05, 4.69) is 34.9 Å². The molecule has 1 aliphatic rings. The van der Waals surface area contributed by atoms with E-state index in [1.165, 1.54) is 0 Å². The molecule has 1 unspecified atom stereocenters. The van der Waals surface area contributed by atoms with Crippen LogP contribution in [0.15, 0.2) is 60.8 Å². The maximum absolute atomic E-state index is 13.0. The Kier molecular flexibility index (Phi) is 6.87. The summed E-state index contributed by atoms with van der Waals surface area (Å²) in [6.07, 6.45) is 3.78. The van der Waals surface area contributed by atoms with Gasteiger partial charge in [-0.05, 0) is 76.3 Å². The minimum absolute atomic E-state index is 0.190. The predicted molar refractivity (Wildman–Crippen MR) is 144 cm³/mol. The SMILES string of the molecule is CCc1cccc(-n2ncc3ccc(-c4cccc([C@@H](N[S+]([O-])C(C)(C)C)C5CC(O)C5)n4)cc32)n1. The fourth-order valence-electron chi connectivity index (χ4n) is 4.52.